The van der Waals surface area contributed by atoms with Crippen LogP contribution in [0.1, 0.15) is 15.9 Å². The molecule has 0 fully saturated rings. The lowest BCUT2D eigenvalue weighted by Crippen LogP contribution is -2.12. The zero-order valence-corrected chi connectivity index (χ0v) is 17.1. The summed E-state index contributed by atoms with van der Waals surface area (Å²) in [5.74, 6) is 0.889. The maximum absolute atomic E-state index is 12.8. The third kappa shape index (κ3) is 4.34. The molecule has 6 heteroatoms. The van der Waals surface area contributed by atoms with E-state index in [9.17, 15) is 4.79 Å². The predicted molar refractivity (Wildman–Crippen MR) is 122 cm³/mol. The van der Waals surface area contributed by atoms with Gasteiger partial charge in [-0.2, -0.15) is 0 Å². The van der Waals surface area contributed by atoms with Gasteiger partial charge in [0.15, 0.2) is 5.58 Å². The molecule has 0 aliphatic heterocycles. The minimum atomic E-state index is -0.231. The summed E-state index contributed by atoms with van der Waals surface area (Å²) in [6.45, 7) is 0.438. The average molecular weight is 421 g/mol. The molecule has 0 unspecified atom stereocenters. The van der Waals surface area contributed by atoms with Crippen LogP contribution in [0.25, 0.3) is 22.6 Å². The molecule has 5 aromatic rings. The molecule has 1 N–H and O–H groups in total. The molecule has 0 saturated carbocycles. The Hall–Kier alpha value is -4.45. The number of hydrogen-bond acceptors (Lipinski definition) is 5. The summed E-state index contributed by atoms with van der Waals surface area (Å²) in [6, 6.07) is 26.1. The number of carbonyl (C=O) groups is 1. The van der Waals surface area contributed by atoms with Gasteiger partial charge in [-0.25, -0.2) is 4.98 Å². The smallest absolute Gasteiger partial charge is 0.255 e. The number of rotatable bonds is 6. The van der Waals surface area contributed by atoms with Crippen molar-refractivity contribution in [2.24, 2.45) is 0 Å². The van der Waals surface area contributed by atoms with Crippen molar-refractivity contribution in [3.63, 3.8) is 0 Å². The highest BCUT2D eigenvalue weighted by molar-refractivity contribution is 6.05. The van der Waals surface area contributed by atoms with E-state index in [0.717, 1.165) is 11.1 Å². The van der Waals surface area contributed by atoms with Crippen LogP contribution < -0.4 is 10.1 Å². The lowest BCUT2D eigenvalue weighted by Gasteiger charge is -2.09. The molecule has 2 heterocycles. The fourth-order valence-corrected chi connectivity index (χ4v) is 3.29. The van der Waals surface area contributed by atoms with E-state index in [1.165, 1.54) is 0 Å². The molecule has 0 bridgehead atoms. The molecule has 2 aromatic heterocycles. The van der Waals surface area contributed by atoms with E-state index in [2.05, 4.69) is 15.3 Å². The third-order valence-corrected chi connectivity index (χ3v) is 4.90. The average Bonchev–Trinajstić information content (AvgIpc) is 3.28. The number of ether oxygens (including phenoxy) is 1. The largest absolute Gasteiger partial charge is 0.489 e. The van der Waals surface area contributed by atoms with Gasteiger partial charge in [-0.1, -0.05) is 36.4 Å². The second-order valence-corrected chi connectivity index (χ2v) is 7.20. The molecule has 0 aliphatic carbocycles. The number of anilines is 1. The lowest BCUT2D eigenvalue weighted by molar-refractivity contribution is 0.102. The zero-order valence-electron chi connectivity index (χ0n) is 17.1. The van der Waals surface area contributed by atoms with Crippen LogP contribution in [0.4, 0.5) is 5.69 Å². The van der Waals surface area contributed by atoms with Gasteiger partial charge in [0.05, 0.1) is 5.56 Å². The molecule has 32 heavy (non-hydrogen) atoms. The van der Waals surface area contributed by atoms with E-state index in [1.54, 1.807) is 48.8 Å². The molecule has 3 aromatic carbocycles. The molecule has 0 spiro atoms. The number of benzene rings is 3. The monoisotopic (exact) mass is 421 g/mol. The van der Waals surface area contributed by atoms with Crippen LogP contribution in [-0.4, -0.2) is 15.9 Å². The highest BCUT2D eigenvalue weighted by atomic mass is 16.5. The van der Waals surface area contributed by atoms with Gasteiger partial charge in [-0.3, -0.25) is 9.78 Å². The molecular formula is C26H19N3O3. The Morgan fingerprint density at radius 1 is 0.938 bits per heavy atom. The van der Waals surface area contributed by atoms with Gasteiger partial charge in [-0.05, 0) is 54.1 Å². The van der Waals surface area contributed by atoms with E-state index in [-0.39, 0.29) is 5.91 Å². The van der Waals surface area contributed by atoms with Crippen molar-refractivity contribution in [2.75, 3.05) is 5.32 Å². The second-order valence-electron chi connectivity index (χ2n) is 7.20. The van der Waals surface area contributed by atoms with Crippen molar-refractivity contribution in [2.45, 2.75) is 6.61 Å². The van der Waals surface area contributed by atoms with Crippen molar-refractivity contribution in [1.82, 2.24) is 9.97 Å². The van der Waals surface area contributed by atoms with Gasteiger partial charge >= 0.3 is 0 Å². The molecule has 6 nitrogen and oxygen atoms in total. The van der Waals surface area contributed by atoms with E-state index in [0.29, 0.717) is 40.6 Å². The molecule has 156 valence electrons. The number of amides is 1. The van der Waals surface area contributed by atoms with Gasteiger partial charge in [0, 0.05) is 23.6 Å². The van der Waals surface area contributed by atoms with Crippen LogP contribution in [0.15, 0.2) is 102 Å². The Kier molecular flexibility index (Phi) is 5.32. The summed E-state index contributed by atoms with van der Waals surface area (Å²) in [4.78, 5) is 21.4. The fourth-order valence-electron chi connectivity index (χ4n) is 3.29. The summed E-state index contributed by atoms with van der Waals surface area (Å²) in [7, 11) is 0. The minimum absolute atomic E-state index is 0.231. The van der Waals surface area contributed by atoms with E-state index in [4.69, 9.17) is 9.15 Å². The number of hydrogen-bond donors (Lipinski definition) is 1. The third-order valence-electron chi connectivity index (χ3n) is 4.90. The van der Waals surface area contributed by atoms with Crippen LogP contribution >= 0.6 is 0 Å². The van der Waals surface area contributed by atoms with Crippen molar-refractivity contribution in [1.29, 1.82) is 0 Å². The summed E-state index contributed by atoms with van der Waals surface area (Å²) >= 11 is 0. The molecule has 0 saturated heterocycles. The van der Waals surface area contributed by atoms with E-state index < -0.39 is 0 Å². The number of aromatic nitrogens is 2. The number of oxazole rings is 1. The van der Waals surface area contributed by atoms with Crippen LogP contribution in [0, 0.1) is 0 Å². The van der Waals surface area contributed by atoms with Gasteiger partial charge in [0.25, 0.3) is 5.91 Å². The first-order chi connectivity index (χ1) is 15.7. The van der Waals surface area contributed by atoms with Gasteiger partial charge in [0.1, 0.15) is 17.9 Å². The first-order valence-corrected chi connectivity index (χ1v) is 10.1. The van der Waals surface area contributed by atoms with Gasteiger partial charge < -0.3 is 14.5 Å². The molecule has 0 radical (unpaired) electrons. The Morgan fingerprint density at radius 2 is 1.84 bits per heavy atom. The summed E-state index contributed by atoms with van der Waals surface area (Å²) < 4.78 is 11.6. The minimum Gasteiger partial charge on any atom is -0.489 e. The van der Waals surface area contributed by atoms with Gasteiger partial charge in [-0.15, -0.1) is 0 Å². The SMILES string of the molecule is O=C(Nc1ccc2oc(-c3cccnc3)nc2c1)c1cccc(OCc2ccccc2)c1. The summed E-state index contributed by atoms with van der Waals surface area (Å²) in [5, 5.41) is 2.91. The highest BCUT2D eigenvalue weighted by Gasteiger charge is 2.11. The van der Waals surface area contributed by atoms with Crippen LogP contribution in [-0.2, 0) is 6.61 Å². The van der Waals surface area contributed by atoms with Crippen LogP contribution in [0.3, 0.4) is 0 Å². The number of carbonyl (C=O) groups excluding carboxylic acids is 1. The molecule has 5 rings (SSSR count). The predicted octanol–water partition coefficient (Wildman–Crippen LogP) is 5.72. The second kappa shape index (κ2) is 8.73. The van der Waals surface area contributed by atoms with Crippen LogP contribution in [0.5, 0.6) is 5.75 Å². The number of pyridine rings is 1. The standard InChI is InChI=1S/C26H19N3O3/c30-25(19-8-4-10-22(14-19)31-17-18-6-2-1-3-7-18)28-21-11-12-24-23(15-21)29-26(32-24)20-9-5-13-27-16-20/h1-16H,17H2,(H,28,30). The molecule has 0 aliphatic rings. The maximum atomic E-state index is 12.8. The van der Waals surface area contributed by atoms with Crippen molar-refractivity contribution >= 4 is 22.7 Å². The van der Waals surface area contributed by atoms with Crippen molar-refractivity contribution in [3.8, 4) is 17.2 Å². The normalized spacial score (nSPS) is 10.8. The van der Waals surface area contributed by atoms with E-state index in [1.807, 2.05) is 48.5 Å². The molecular weight excluding hydrogens is 402 g/mol. The Bertz CT molecular complexity index is 1370. The molecule has 0 atom stereocenters. The lowest BCUT2D eigenvalue weighted by atomic mass is 10.2. The summed E-state index contributed by atoms with van der Waals surface area (Å²) in [6.07, 6.45) is 3.39. The maximum Gasteiger partial charge on any atom is 0.255 e. The quantitative estimate of drug-likeness (QED) is 0.379. The zero-order chi connectivity index (χ0) is 21.8. The van der Waals surface area contributed by atoms with Crippen molar-refractivity contribution < 1.29 is 13.9 Å². The highest BCUT2D eigenvalue weighted by Crippen LogP contribution is 2.26. The first kappa shape index (κ1) is 19.5. The first-order valence-electron chi connectivity index (χ1n) is 10.1. The Balaban J connectivity index is 1.30. The number of nitrogens with zero attached hydrogens (tertiary/aromatic N) is 2. The fraction of sp³-hybridized carbons (Fsp3) is 0.0385. The Morgan fingerprint density at radius 3 is 2.69 bits per heavy atom. The van der Waals surface area contributed by atoms with E-state index >= 15 is 0 Å². The van der Waals surface area contributed by atoms with Gasteiger partial charge in [0.2, 0.25) is 5.89 Å². The number of nitrogens with one attached hydrogen (secondary N) is 1. The number of fused-ring (bicyclic) bond motifs is 1. The summed E-state index contributed by atoms with van der Waals surface area (Å²) in [5.41, 5.74) is 4.28. The van der Waals surface area contributed by atoms with Crippen LogP contribution in [0.2, 0.25) is 0 Å². The van der Waals surface area contributed by atoms with Crippen molar-refractivity contribution in [3.05, 3.63) is 108 Å². The Labute approximate surface area is 184 Å². The molecule has 1 amide bonds. The topological polar surface area (TPSA) is 77.3 Å².